The van der Waals surface area contributed by atoms with Crippen LogP contribution in [0.4, 0.5) is 5.69 Å². The monoisotopic (exact) mass is 521 g/mol. The summed E-state index contributed by atoms with van der Waals surface area (Å²) in [7, 11) is -4.20. The molecule has 3 aromatic carbocycles. The highest BCUT2D eigenvalue weighted by atomic mass is 32.2. The topological polar surface area (TPSA) is 143 Å². The average molecular weight is 522 g/mol. The molecule has 4 rings (SSSR count). The van der Waals surface area contributed by atoms with E-state index < -0.39 is 34.6 Å². The van der Waals surface area contributed by atoms with Gasteiger partial charge < -0.3 is 9.47 Å². The van der Waals surface area contributed by atoms with Crippen LogP contribution in [-0.2, 0) is 26.2 Å². The average Bonchev–Trinajstić information content (AvgIpc) is 3.13. The Morgan fingerprint density at radius 2 is 1.84 bits per heavy atom. The van der Waals surface area contributed by atoms with Crippen molar-refractivity contribution in [2.24, 2.45) is 5.92 Å². The first-order valence-corrected chi connectivity index (χ1v) is 12.8. The zero-order valence-electron chi connectivity index (χ0n) is 20.1. The van der Waals surface area contributed by atoms with Crippen molar-refractivity contribution in [3.63, 3.8) is 0 Å². The summed E-state index contributed by atoms with van der Waals surface area (Å²) < 4.78 is 38.7. The number of anilines is 1. The molecule has 1 heterocycles. The van der Waals surface area contributed by atoms with Gasteiger partial charge in [0.1, 0.15) is 17.9 Å². The van der Waals surface area contributed by atoms with Crippen molar-refractivity contribution in [3.8, 4) is 17.6 Å². The number of rotatable bonds is 7. The van der Waals surface area contributed by atoms with E-state index in [0.29, 0.717) is 23.6 Å². The molecule has 1 amide bonds. The number of hydrogen-bond acceptors (Lipinski definition) is 8. The van der Waals surface area contributed by atoms with Gasteiger partial charge in [0, 0.05) is 12.8 Å². The summed E-state index contributed by atoms with van der Waals surface area (Å²) in [5, 5.41) is 10.4. The molecule has 10 nitrogen and oxygen atoms in total. The highest BCUT2D eigenvalue weighted by Crippen LogP contribution is 2.37. The third kappa shape index (κ3) is 5.70. The van der Waals surface area contributed by atoms with Gasteiger partial charge in [0.15, 0.2) is 5.75 Å². The summed E-state index contributed by atoms with van der Waals surface area (Å²) in [6.45, 7) is 2.55. The number of amides is 1. The Hall–Kier alpha value is -4.43. The fourth-order valence-electron chi connectivity index (χ4n) is 3.89. The van der Waals surface area contributed by atoms with Crippen LogP contribution in [0.3, 0.4) is 0 Å². The molecular weight excluding hydrogens is 498 g/mol. The van der Waals surface area contributed by atoms with Gasteiger partial charge in [-0.3, -0.25) is 9.59 Å². The van der Waals surface area contributed by atoms with E-state index in [2.05, 4.69) is 6.07 Å². The lowest BCUT2D eigenvalue weighted by Gasteiger charge is -2.20. The third-order valence-electron chi connectivity index (χ3n) is 5.72. The van der Waals surface area contributed by atoms with E-state index in [4.69, 9.17) is 14.7 Å². The molecule has 0 spiro atoms. The second-order valence-corrected chi connectivity index (χ2v) is 10.2. The van der Waals surface area contributed by atoms with E-state index >= 15 is 0 Å². The predicted molar refractivity (Wildman–Crippen MR) is 134 cm³/mol. The first-order valence-electron chi connectivity index (χ1n) is 11.4. The lowest BCUT2D eigenvalue weighted by Crippen LogP contribution is -2.30. The van der Waals surface area contributed by atoms with Crippen LogP contribution in [0, 0.1) is 17.2 Å². The number of hydrogen-bond donors (Lipinski definition) is 1. The molecule has 1 aliphatic rings. The summed E-state index contributed by atoms with van der Waals surface area (Å²) >= 11 is 0. The molecule has 1 aliphatic heterocycles. The second-order valence-electron chi connectivity index (χ2n) is 8.59. The fraction of sp³-hybridized carbons (Fsp3) is 0.231. The van der Waals surface area contributed by atoms with E-state index in [0.717, 1.165) is 9.87 Å². The molecule has 1 fully saturated rings. The molecule has 1 N–H and O–H groups in total. The summed E-state index contributed by atoms with van der Waals surface area (Å²) in [4.78, 5) is 36.5. The first kappa shape index (κ1) is 25.7. The van der Waals surface area contributed by atoms with Crippen molar-refractivity contribution in [2.75, 3.05) is 10.8 Å². The Labute approximate surface area is 213 Å². The van der Waals surface area contributed by atoms with Crippen LogP contribution >= 0.6 is 0 Å². The van der Waals surface area contributed by atoms with E-state index in [1.165, 1.54) is 31.2 Å². The number of para-hydroxylation sites is 1. The van der Waals surface area contributed by atoms with E-state index in [1.54, 1.807) is 18.2 Å². The number of benzene rings is 3. The molecule has 1 saturated heterocycles. The van der Waals surface area contributed by atoms with Gasteiger partial charge in [-0.05, 0) is 60.4 Å². The number of nitriles is 1. The van der Waals surface area contributed by atoms with Crippen LogP contribution in [0.15, 0.2) is 54.6 Å². The molecule has 1 atom stereocenters. The standard InChI is InChI=1S/C26H23N3O7S/c1-16(14-27)7-8-18-9-10-19-13-24(36-26(32)21-5-3-4-6-23(21)35-17(2)30)22(12-20(19)11-18)29-15-25(31)28-37(29,33)34/h3-6,9-13,16H,7-8,15H2,1-2H3,(H,28,31). The number of nitrogens with zero attached hydrogens (tertiary/aromatic N) is 2. The first-order chi connectivity index (χ1) is 17.6. The van der Waals surface area contributed by atoms with Crippen LogP contribution in [0.25, 0.3) is 10.8 Å². The maximum atomic E-state index is 13.1. The summed E-state index contributed by atoms with van der Waals surface area (Å²) in [6.07, 6.45) is 1.30. The Morgan fingerprint density at radius 1 is 1.08 bits per heavy atom. The minimum absolute atomic E-state index is 0.00768. The maximum absolute atomic E-state index is 13.1. The van der Waals surface area contributed by atoms with Crippen molar-refractivity contribution < 1.29 is 32.3 Å². The van der Waals surface area contributed by atoms with Gasteiger partial charge in [-0.25, -0.2) is 13.8 Å². The second kappa shape index (κ2) is 10.3. The molecular formula is C26H23N3O7S. The largest absolute Gasteiger partial charge is 0.426 e. The molecule has 11 heteroatoms. The molecule has 0 radical (unpaired) electrons. The fourth-order valence-corrected chi connectivity index (χ4v) is 5.04. The minimum Gasteiger partial charge on any atom is -0.426 e. The number of fused-ring (bicyclic) bond motifs is 1. The minimum atomic E-state index is -4.20. The molecule has 0 aromatic heterocycles. The number of ether oxygens (including phenoxy) is 2. The van der Waals surface area contributed by atoms with Gasteiger partial charge in [0.05, 0.1) is 11.8 Å². The van der Waals surface area contributed by atoms with Crippen molar-refractivity contribution in [2.45, 2.75) is 26.7 Å². The van der Waals surface area contributed by atoms with Crippen molar-refractivity contribution in [1.29, 1.82) is 5.26 Å². The van der Waals surface area contributed by atoms with Crippen LogP contribution < -0.4 is 18.5 Å². The maximum Gasteiger partial charge on any atom is 0.347 e. The van der Waals surface area contributed by atoms with Crippen LogP contribution in [0.2, 0.25) is 0 Å². The summed E-state index contributed by atoms with van der Waals surface area (Å²) in [5.74, 6) is -2.45. The number of esters is 2. The van der Waals surface area contributed by atoms with Crippen LogP contribution in [0.5, 0.6) is 11.5 Å². The lowest BCUT2D eigenvalue weighted by molar-refractivity contribution is -0.131. The molecule has 37 heavy (non-hydrogen) atoms. The third-order valence-corrected chi connectivity index (χ3v) is 7.11. The molecule has 3 aromatic rings. The Bertz CT molecular complexity index is 1560. The van der Waals surface area contributed by atoms with Crippen molar-refractivity contribution in [1.82, 2.24) is 4.72 Å². The summed E-state index contributed by atoms with van der Waals surface area (Å²) in [5.41, 5.74) is 0.898. The van der Waals surface area contributed by atoms with Gasteiger partial charge in [0.2, 0.25) is 0 Å². The molecule has 0 aliphatic carbocycles. The number of aryl methyl sites for hydroxylation is 1. The van der Waals surface area contributed by atoms with Crippen LogP contribution in [-0.4, -0.2) is 32.8 Å². The Balaban J connectivity index is 1.77. The van der Waals surface area contributed by atoms with Gasteiger partial charge >= 0.3 is 22.1 Å². The number of nitrogens with one attached hydrogen (secondary N) is 1. The van der Waals surface area contributed by atoms with Gasteiger partial charge in [0.25, 0.3) is 5.91 Å². The van der Waals surface area contributed by atoms with Crippen molar-refractivity contribution in [3.05, 3.63) is 65.7 Å². The number of carbonyl (C=O) groups is 3. The smallest absolute Gasteiger partial charge is 0.347 e. The van der Waals surface area contributed by atoms with E-state index in [9.17, 15) is 22.8 Å². The molecule has 1 unspecified atom stereocenters. The molecule has 0 bridgehead atoms. The predicted octanol–water partition coefficient (Wildman–Crippen LogP) is 3.26. The van der Waals surface area contributed by atoms with E-state index in [-0.39, 0.29) is 28.7 Å². The Morgan fingerprint density at radius 3 is 2.51 bits per heavy atom. The zero-order valence-corrected chi connectivity index (χ0v) is 20.9. The quantitative estimate of drug-likeness (QED) is 0.369. The zero-order chi connectivity index (χ0) is 26.7. The lowest BCUT2D eigenvalue weighted by atomic mass is 9.99. The van der Waals surface area contributed by atoms with Gasteiger partial charge in [-0.2, -0.15) is 13.7 Å². The number of carbonyl (C=O) groups excluding carboxylic acids is 3. The highest BCUT2D eigenvalue weighted by Gasteiger charge is 2.36. The van der Waals surface area contributed by atoms with Gasteiger partial charge in [-0.1, -0.05) is 30.3 Å². The SMILES string of the molecule is CC(=O)Oc1ccccc1C(=O)Oc1cc2ccc(CCC(C)C#N)cc2cc1N1CC(=O)NS1(=O)=O. The van der Waals surface area contributed by atoms with Gasteiger partial charge in [-0.15, -0.1) is 0 Å². The van der Waals surface area contributed by atoms with Crippen molar-refractivity contribution >= 4 is 44.5 Å². The molecule has 0 saturated carbocycles. The molecule has 190 valence electrons. The normalized spacial score (nSPS) is 15.1. The van der Waals surface area contributed by atoms with Crippen LogP contribution in [0.1, 0.15) is 36.2 Å². The van der Waals surface area contributed by atoms with E-state index in [1.807, 2.05) is 23.8 Å². The Kier molecular flexibility index (Phi) is 7.13. The summed E-state index contributed by atoms with van der Waals surface area (Å²) in [6, 6.07) is 16.8. The highest BCUT2D eigenvalue weighted by molar-refractivity contribution is 7.92.